The number of anilines is 2. The SMILES string of the molecule is COc1ccc(-c2cc(-c3ccccc3)c3c(N)c(C(=O)Nc4cc(Cl)ccc4Cl)sc3n2)cc1. The highest BCUT2D eigenvalue weighted by Crippen LogP contribution is 2.42. The van der Waals surface area contributed by atoms with Crippen LogP contribution in [0.5, 0.6) is 5.75 Å². The Balaban J connectivity index is 1.65. The number of hydrogen-bond acceptors (Lipinski definition) is 5. The fourth-order valence-electron chi connectivity index (χ4n) is 3.82. The molecule has 0 radical (unpaired) electrons. The van der Waals surface area contributed by atoms with E-state index in [0.717, 1.165) is 33.5 Å². The maximum atomic E-state index is 13.2. The van der Waals surface area contributed by atoms with Crippen molar-refractivity contribution in [1.82, 2.24) is 4.98 Å². The molecule has 0 atom stereocenters. The van der Waals surface area contributed by atoms with Gasteiger partial charge in [0, 0.05) is 16.0 Å². The van der Waals surface area contributed by atoms with Crippen molar-refractivity contribution in [2.45, 2.75) is 0 Å². The zero-order valence-corrected chi connectivity index (χ0v) is 20.8. The molecule has 0 bridgehead atoms. The number of nitrogens with zero attached hydrogens (tertiary/aromatic N) is 1. The highest BCUT2D eigenvalue weighted by Gasteiger charge is 2.22. The molecule has 1 amide bonds. The molecule has 0 saturated heterocycles. The number of fused-ring (bicyclic) bond motifs is 1. The van der Waals surface area contributed by atoms with E-state index >= 15 is 0 Å². The maximum Gasteiger partial charge on any atom is 0.267 e. The summed E-state index contributed by atoms with van der Waals surface area (Å²) in [5.74, 6) is 0.386. The van der Waals surface area contributed by atoms with Gasteiger partial charge < -0.3 is 15.8 Å². The number of benzene rings is 3. The molecular weight excluding hydrogens is 501 g/mol. The second-order valence-corrected chi connectivity index (χ2v) is 9.60. The van der Waals surface area contributed by atoms with Gasteiger partial charge in [0.2, 0.25) is 0 Å². The van der Waals surface area contributed by atoms with Crippen LogP contribution in [0.15, 0.2) is 78.9 Å². The van der Waals surface area contributed by atoms with Crippen molar-refractivity contribution in [1.29, 1.82) is 0 Å². The number of nitrogens with two attached hydrogens (primary N) is 1. The van der Waals surface area contributed by atoms with Gasteiger partial charge in [0.25, 0.3) is 5.91 Å². The van der Waals surface area contributed by atoms with E-state index in [1.54, 1.807) is 25.3 Å². The van der Waals surface area contributed by atoms with Crippen LogP contribution in [-0.4, -0.2) is 18.0 Å². The minimum atomic E-state index is -0.375. The Labute approximate surface area is 216 Å². The van der Waals surface area contributed by atoms with E-state index in [-0.39, 0.29) is 5.91 Å². The lowest BCUT2D eigenvalue weighted by molar-refractivity contribution is 0.103. The Morgan fingerprint density at radius 1 is 0.971 bits per heavy atom. The minimum Gasteiger partial charge on any atom is -0.497 e. The molecule has 8 heteroatoms. The van der Waals surface area contributed by atoms with Gasteiger partial charge in [0.1, 0.15) is 15.5 Å². The van der Waals surface area contributed by atoms with Gasteiger partial charge in [-0.05, 0) is 59.7 Å². The van der Waals surface area contributed by atoms with Crippen molar-refractivity contribution >= 4 is 62.0 Å². The molecule has 3 aromatic carbocycles. The largest absolute Gasteiger partial charge is 0.497 e. The maximum absolute atomic E-state index is 13.2. The Hall–Kier alpha value is -3.58. The average molecular weight is 520 g/mol. The van der Waals surface area contributed by atoms with Crippen LogP contribution in [0, 0.1) is 0 Å². The summed E-state index contributed by atoms with van der Waals surface area (Å²) in [6.45, 7) is 0. The summed E-state index contributed by atoms with van der Waals surface area (Å²) in [4.78, 5) is 19.1. The molecule has 0 aliphatic heterocycles. The number of carbonyl (C=O) groups excluding carboxylic acids is 1. The van der Waals surface area contributed by atoms with E-state index < -0.39 is 0 Å². The number of nitrogen functional groups attached to an aromatic ring is 1. The number of aromatic nitrogens is 1. The summed E-state index contributed by atoms with van der Waals surface area (Å²) in [6.07, 6.45) is 0. The van der Waals surface area contributed by atoms with Crippen LogP contribution in [0.4, 0.5) is 11.4 Å². The van der Waals surface area contributed by atoms with Gasteiger partial charge in [-0.3, -0.25) is 4.79 Å². The number of halogens is 2. The Bertz CT molecular complexity index is 1550. The fraction of sp³-hybridized carbons (Fsp3) is 0.0370. The molecule has 0 saturated carbocycles. The smallest absolute Gasteiger partial charge is 0.267 e. The standard InChI is InChI=1S/C27H19Cl2N3O2S/c1-34-18-10-7-16(8-11-18)21-14-19(15-5-3-2-4-6-15)23-24(30)25(35-27(23)32-21)26(33)31-22-13-17(28)9-12-20(22)29/h2-14H,30H2,1H3,(H,31,33). The van der Waals surface area contributed by atoms with E-state index in [1.165, 1.54) is 11.3 Å². The summed E-state index contributed by atoms with van der Waals surface area (Å²) in [5, 5.41) is 4.40. The van der Waals surface area contributed by atoms with Crippen LogP contribution in [0.3, 0.4) is 0 Å². The third-order valence-electron chi connectivity index (χ3n) is 5.55. The van der Waals surface area contributed by atoms with Gasteiger partial charge in [-0.2, -0.15) is 0 Å². The van der Waals surface area contributed by atoms with E-state index in [4.69, 9.17) is 38.7 Å². The molecule has 174 valence electrons. The normalized spacial score (nSPS) is 10.9. The number of rotatable bonds is 5. The van der Waals surface area contributed by atoms with E-state index in [0.29, 0.717) is 31.1 Å². The van der Waals surface area contributed by atoms with Crippen molar-refractivity contribution < 1.29 is 9.53 Å². The summed E-state index contributed by atoms with van der Waals surface area (Å²) in [6, 6.07) is 24.5. The first kappa shape index (κ1) is 23.2. The van der Waals surface area contributed by atoms with Gasteiger partial charge in [-0.25, -0.2) is 4.98 Å². The van der Waals surface area contributed by atoms with Gasteiger partial charge in [-0.15, -0.1) is 11.3 Å². The molecule has 0 spiro atoms. The molecule has 5 nitrogen and oxygen atoms in total. The van der Waals surface area contributed by atoms with Gasteiger partial charge >= 0.3 is 0 Å². The predicted octanol–water partition coefficient (Wildman–Crippen LogP) is 7.78. The van der Waals surface area contributed by atoms with Crippen LogP contribution in [0.1, 0.15) is 9.67 Å². The monoisotopic (exact) mass is 519 g/mol. The summed E-state index contributed by atoms with van der Waals surface area (Å²) >= 11 is 13.6. The topological polar surface area (TPSA) is 77.2 Å². The number of nitrogens with one attached hydrogen (secondary N) is 1. The first-order valence-electron chi connectivity index (χ1n) is 10.6. The number of ether oxygens (including phenoxy) is 1. The number of thiophene rings is 1. The third kappa shape index (κ3) is 4.56. The van der Waals surface area contributed by atoms with E-state index in [9.17, 15) is 4.79 Å². The Morgan fingerprint density at radius 2 is 1.71 bits per heavy atom. The lowest BCUT2D eigenvalue weighted by atomic mass is 9.99. The molecule has 0 aliphatic rings. The second kappa shape index (κ2) is 9.58. The molecule has 5 aromatic rings. The number of carbonyl (C=O) groups is 1. The van der Waals surface area contributed by atoms with Gasteiger partial charge in [0.15, 0.2) is 0 Å². The number of methoxy groups -OCH3 is 1. The first-order valence-corrected chi connectivity index (χ1v) is 12.2. The molecule has 2 aromatic heterocycles. The first-order chi connectivity index (χ1) is 16.9. The molecule has 5 rings (SSSR count). The molecule has 35 heavy (non-hydrogen) atoms. The van der Waals surface area contributed by atoms with Crippen molar-refractivity contribution in [3.05, 3.63) is 93.8 Å². The lowest BCUT2D eigenvalue weighted by Gasteiger charge is -2.09. The van der Waals surface area contributed by atoms with E-state index in [1.807, 2.05) is 60.7 Å². The van der Waals surface area contributed by atoms with E-state index in [2.05, 4.69) is 5.32 Å². The van der Waals surface area contributed by atoms with Gasteiger partial charge in [0.05, 0.1) is 29.2 Å². The zero-order valence-electron chi connectivity index (χ0n) is 18.5. The van der Waals surface area contributed by atoms with Gasteiger partial charge in [-0.1, -0.05) is 53.5 Å². The van der Waals surface area contributed by atoms with Crippen LogP contribution < -0.4 is 15.8 Å². The predicted molar refractivity (Wildman–Crippen MR) is 146 cm³/mol. The average Bonchev–Trinajstić information content (AvgIpc) is 3.22. The van der Waals surface area contributed by atoms with Crippen LogP contribution >= 0.6 is 34.5 Å². The number of amides is 1. The quantitative estimate of drug-likeness (QED) is 0.248. The van der Waals surface area contributed by atoms with Crippen LogP contribution in [0.2, 0.25) is 10.0 Å². The number of hydrogen-bond donors (Lipinski definition) is 2. The third-order valence-corrected chi connectivity index (χ3v) is 7.22. The van der Waals surface area contributed by atoms with Crippen molar-refractivity contribution in [2.24, 2.45) is 0 Å². The molecule has 0 unspecified atom stereocenters. The zero-order chi connectivity index (χ0) is 24.5. The lowest BCUT2D eigenvalue weighted by Crippen LogP contribution is -2.12. The number of pyridine rings is 1. The highest BCUT2D eigenvalue weighted by atomic mass is 35.5. The van der Waals surface area contributed by atoms with Crippen molar-refractivity contribution in [3.63, 3.8) is 0 Å². The molecule has 0 fully saturated rings. The van der Waals surface area contributed by atoms with Crippen LogP contribution in [-0.2, 0) is 0 Å². The Morgan fingerprint density at radius 3 is 2.43 bits per heavy atom. The Kier molecular flexibility index (Phi) is 6.34. The summed E-state index contributed by atoms with van der Waals surface area (Å²) in [7, 11) is 1.63. The second-order valence-electron chi connectivity index (χ2n) is 7.75. The van der Waals surface area contributed by atoms with Crippen molar-refractivity contribution in [3.8, 4) is 28.1 Å². The molecule has 2 heterocycles. The minimum absolute atomic E-state index is 0.354. The molecule has 0 aliphatic carbocycles. The fourth-order valence-corrected chi connectivity index (χ4v) is 5.17. The van der Waals surface area contributed by atoms with Crippen molar-refractivity contribution in [2.75, 3.05) is 18.2 Å². The summed E-state index contributed by atoms with van der Waals surface area (Å²) < 4.78 is 5.28. The molecular formula is C27H19Cl2N3O2S. The molecule has 3 N–H and O–H groups in total. The van der Waals surface area contributed by atoms with Crippen LogP contribution in [0.25, 0.3) is 32.6 Å². The summed E-state index contributed by atoms with van der Waals surface area (Å²) in [5.41, 5.74) is 10.9. The highest BCUT2D eigenvalue weighted by molar-refractivity contribution is 7.21.